The van der Waals surface area contributed by atoms with Crippen LogP contribution in [0.2, 0.25) is 0 Å². The number of carbonyl (C=O) groups is 1. The molecular formula is C16H20N2O2S. The van der Waals surface area contributed by atoms with E-state index in [1.807, 2.05) is 23.6 Å². The topological polar surface area (TPSA) is 55.1 Å². The van der Waals surface area contributed by atoms with Crippen molar-refractivity contribution >= 4 is 17.2 Å². The van der Waals surface area contributed by atoms with E-state index >= 15 is 0 Å². The van der Waals surface area contributed by atoms with Gasteiger partial charge >= 0.3 is 0 Å². The van der Waals surface area contributed by atoms with E-state index in [9.17, 15) is 4.79 Å². The average molecular weight is 304 g/mol. The summed E-state index contributed by atoms with van der Waals surface area (Å²) < 4.78 is 5.30. The van der Waals surface area contributed by atoms with E-state index in [0.29, 0.717) is 18.9 Å². The van der Waals surface area contributed by atoms with Crippen molar-refractivity contribution in [1.29, 1.82) is 0 Å². The van der Waals surface area contributed by atoms with Gasteiger partial charge in [-0.15, -0.1) is 11.3 Å². The molecule has 1 amide bonds. The first-order valence-electron chi connectivity index (χ1n) is 7.57. The molecule has 0 bridgehead atoms. The number of nitrogens with zero attached hydrogens (tertiary/aromatic N) is 1. The van der Waals surface area contributed by atoms with Gasteiger partial charge in [0.05, 0.1) is 11.4 Å². The smallest absolute Gasteiger partial charge is 0.220 e. The molecule has 0 unspecified atom stereocenters. The molecule has 2 heterocycles. The van der Waals surface area contributed by atoms with Crippen LogP contribution in [-0.4, -0.2) is 11.1 Å². The quantitative estimate of drug-likeness (QED) is 0.908. The maximum absolute atomic E-state index is 12.0. The van der Waals surface area contributed by atoms with Crippen molar-refractivity contribution in [3.8, 4) is 10.6 Å². The third-order valence-corrected chi connectivity index (χ3v) is 4.87. The SMILES string of the molecule is O=C(CC1CCCCC1)NCc1cc(-c2cccs2)on1. The average Bonchev–Trinajstić information content (AvgIpc) is 3.17. The highest BCUT2D eigenvalue weighted by Crippen LogP contribution is 2.26. The number of thiophene rings is 1. The van der Waals surface area contributed by atoms with Crippen molar-refractivity contribution in [3.05, 3.63) is 29.3 Å². The molecule has 2 aromatic heterocycles. The minimum absolute atomic E-state index is 0.127. The van der Waals surface area contributed by atoms with Crippen LogP contribution >= 0.6 is 11.3 Å². The number of rotatable bonds is 5. The molecule has 1 aliphatic rings. The normalized spacial score (nSPS) is 16.0. The first-order chi connectivity index (χ1) is 10.3. The van der Waals surface area contributed by atoms with Crippen LogP contribution in [0.4, 0.5) is 0 Å². The highest BCUT2D eigenvalue weighted by molar-refractivity contribution is 7.13. The monoisotopic (exact) mass is 304 g/mol. The van der Waals surface area contributed by atoms with E-state index in [-0.39, 0.29) is 5.91 Å². The number of hydrogen-bond acceptors (Lipinski definition) is 4. The van der Waals surface area contributed by atoms with Crippen molar-refractivity contribution in [3.63, 3.8) is 0 Å². The Labute approximate surface area is 128 Å². The molecule has 0 radical (unpaired) electrons. The fourth-order valence-corrected chi connectivity index (χ4v) is 3.52. The lowest BCUT2D eigenvalue weighted by atomic mass is 9.87. The van der Waals surface area contributed by atoms with Gasteiger partial charge in [0.1, 0.15) is 5.69 Å². The van der Waals surface area contributed by atoms with Gasteiger partial charge in [-0.25, -0.2) is 0 Å². The summed E-state index contributed by atoms with van der Waals surface area (Å²) in [5, 5.41) is 8.96. The van der Waals surface area contributed by atoms with Crippen LogP contribution in [0.15, 0.2) is 28.1 Å². The minimum Gasteiger partial charge on any atom is -0.355 e. The molecule has 1 saturated carbocycles. The Hall–Kier alpha value is -1.62. The standard InChI is InChI=1S/C16H20N2O2S/c19-16(9-12-5-2-1-3-6-12)17-11-13-10-14(20-18-13)15-7-4-8-21-15/h4,7-8,10,12H,1-3,5-6,9,11H2,(H,17,19). The number of amides is 1. The van der Waals surface area contributed by atoms with Crippen molar-refractivity contribution in [2.24, 2.45) is 5.92 Å². The molecule has 3 rings (SSSR count). The second-order valence-electron chi connectivity index (χ2n) is 5.64. The molecule has 0 spiro atoms. The Morgan fingerprint density at radius 3 is 3.00 bits per heavy atom. The molecule has 1 aliphatic carbocycles. The molecule has 4 nitrogen and oxygen atoms in total. The fourth-order valence-electron chi connectivity index (χ4n) is 2.84. The van der Waals surface area contributed by atoms with Crippen molar-refractivity contribution < 1.29 is 9.32 Å². The first-order valence-corrected chi connectivity index (χ1v) is 8.45. The zero-order valence-electron chi connectivity index (χ0n) is 12.0. The van der Waals surface area contributed by atoms with Crippen LogP contribution in [0.5, 0.6) is 0 Å². The van der Waals surface area contributed by atoms with Crippen molar-refractivity contribution in [1.82, 2.24) is 10.5 Å². The molecule has 0 saturated heterocycles. The predicted octanol–water partition coefficient (Wildman–Crippen LogP) is 3.99. The Bertz CT molecular complexity index is 571. The molecule has 0 aliphatic heterocycles. The summed E-state index contributed by atoms with van der Waals surface area (Å²) in [4.78, 5) is 13.0. The zero-order valence-corrected chi connectivity index (χ0v) is 12.8. The van der Waals surface area contributed by atoms with Gasteiger partial charge in [0.2, 0.25) is 5.91 Å². The van der Waals surface area contributed by atoms with Gasteiger partial charge in [-0.1, -0.05) is 30.5 Å². The Morgan fingerprint density at radius 2 is 2.24 bits per heavy atom. The second kappa shape index (κ2) is 6.89. The van der Waals surface area contributed by atoms with E-state index in [1.165, 1.54) is 32.1 Å². The maximum atomic E-state index is 12.0. The van der Waals surface area contributed by atoms with Gasteiger partial charge < -0.3 is 9.84 Å². The lowest BCUT2D eigenvalue weighted by Crippen LogP contribution is -2.26. The van der Waals surface area contributed by atoms with Gasteiger partial charge in [0.25, 0.3) is 0 Å². The summed E-state index contributed by atoms with van der Waals surface area (Å²) in [7, 11) is 0. The van der Waals surface area contributed by atoms with Crippen LogP contribution in [0.1, 0.15) is 44.2 Å². The third-order valence-electron chi connectivity index (χ3n) is 3.99. The summed E-state index contributed by atoms with van der Waals surface area (Å²) in [6.45, 7) is 0.445. The molecule has 2 aromatic rings. The summed E-state index contributed by atoms with van der Waals surface area (Å²) in [5.41, 5.74) is 0.774. The molecule has 0 aromatic carbocycles. The van der Waals surface area contributed by atoms with Gasteiger partial charge in [-0.05, 0) is 30.2 Å². The van der Waals surface area contributed by atoms with E-state index in [1.54, 1.807) is 11.3 Å². The highest BCUT2D eigenvalue weighted by Gasteiger charge is 2.17. The summed E-state index contributed by atoms with van der Waals surface area (Å²) >= 11 is 1.62. The molecule has 5 heteroatoms. The Balaban J connectivity index is 1.47. The largest absolute Gasteiger partial charge is 0.355 e. The van der Waals surface area contributed by atoms with Crippen LogP contribution in [0.3, 0.4) is 0 Å². The van der Waals surface area contributed by atoms with E-state index in [0.717, 1.165) is 16.3 Å². The zero-order chi connectivity index (χ0) is 14.5. The first kappa shape index (κ1) is 14.3. The third kappa shape index (κ3) is 3.94. The minimum atomic E-state index is 0.127. The number of hydrogen-bond donors (Lipinski definition) is 1. The van der Waals surface area contributed by atoms with E-state index in [4.69, 9.17) is 4.52 Å². The molecule has 1 fully saturated rings. The second-order valence-corrected chi connectivity index (χ2v) is 6.59. The van der Waals surface area contributed by atoms with Crippen LogP contribution in [0, 0.1) is 5.92 Å². The molecular weight excluding hydrogens is 284 g/mol. The van der Waals surface area contributed by atoms with Gasteiger partial charge in [-0.2, -0.15) is 0 Å². The Kier molecular flexibility index (Phi) is 4.70. The molecule has 112 valence electrons. The van der Waals surface area contributed by atoms with E-state index in [2.05, 4.69) is 10.5 Å². The van der Waals surface area contributed by atoms with Crippen LogP contribution in [-0.2, 0) is 11.3 Å². The maximum Gasteiger partial charge on any atom is 0.220 e. The summed E-state index contributed by atoms with van der Waals surface area (Å²) in [5.74, 6) is 1.46. The van der Waals surface area contributed by atoms with Gasteiger partial charge in [0.15, 0.2) is 5.76 Å². The molecule has 0 atom stereocenters. The molecule has 21 heavy (non-hydrogen) atoms. The van der Waals surface area contributed by atoms with E-state index < -0.39 is 0 Å². The predicted molar refractivity (Wildman–Crippen MR) is 82.9 cm³/mol. The van der Waals surface area contributed by atoms with Crippen LogP contribution < -0.4 is 5.32 Å². The fraction of sp³-hybridized carbons (Fsp3) is 0.500. The van der Waals surface area contributed by atoms with Gasteiger partial charge in [-0.3, -0.25) is 4.79 Å². The molecule has 1 N–H and O–H groups in total. The van der Waals surface area contributed by atoms with Crippen molar-refractivity contribution in [2.75, 3.05) is 0 Å². The number of carbonyl (C=O) groups excluding carboxylic acids is 1. The van der Waals surface area contributed by atoms with Crippen molar-refractivity contribution in [2.45, 2.75) is 45.1 Å². The summed E-state index contributed by atoms with van der Waals surface area (Å²) in [6, 6.07) is 5.87. The highest BCUT2D eigenvalue weighted by atomic mass is 32.1. The van der Waals surface area contributed by atoms with Gasteiger partial charge in [0, 0.05) is 12.5 Å². The lowest BCUT2D eigenvalue weighted by Gasteiger charge is -2.20. The van der Waals surface area contributed by atoms with Crippen LogP contribution in [0.25, 0.3) is 10.6 Å². The lowest BCUT2D eigenvalue weighted by molar-refractivity contribution is -0.122. The summed E-state index contributed by atoms with van der Waals surface area (Å²) in [6.07, 6.45) is 6.90. The number of aromatic nitrogens is 1. The number of nitrogens with one attached hydrogen (secondary N) is 1. The Morgan fingerprint density at radius 1 is 1.38 bits per heavy atom.